The molecule has 1 atom stereocenters. The normalized spacial score (nSPS) is 15.9. The number of hydrogen-bond acceptors (Lipinski definition) is 10. The number of hydrogen-bond donors (Lipinski definition) is 5. The number of aryl methyl sites for hydroxylation is 1. The van der Waals surface area contributed by atoms with E-state index in [0.29, 0.717) is 10.7 Å². The van der Waals surface area contributed by atoms with Crippen molar-refractivity contribution in [3.05, 3.63) is 65.7 Å². The minimum absolute atomic E-state index is 0.00564. The van der Waals surface area contributed by atoms with Crippen LogP contribution in [0.1, 0.15) is 17.2 Å². The number of aromatic hydroxyl groups is 1. The Bertz CT molecular complexity index is 1580. The molecule has 3 aromatic carbocycles. The Hall–Kier alpha value is -4.73. The molecule has 198 valence electrons. The highest BCUT2D eigenvalue weighted by Crippen LogP contribution is 2.47. The molecule has 1 aliphatic rings. The number of carbonyl (C=O) groups is 2. The van der Waals surface area contributed by atoms with Crippen LogP contribution in [-0.2, 0) is 14.9 Å². The summed E-state index contributed by atoms with van der Waals surface area (Å²) in [5.41, 5.74) is 8.87. The van der Waals surface area contributed by atoms with Crippen LogP contribution < -0.4 is 21.0 Å². The van der Waals surface area contributed by atoms with Gasteiger partial charge in [0.05, 0.1) is 12.8 Å². The van der Waals surface area contributed by atoms with Gasteiger partial charge in [-0.05, 0) is 48.9 Å². The summed E-state index contributed by atoms with van der Waals surface area (Å²) in [5, 5.41) is 30.2. The lowest BCUT2D eigenvalue weighted by atomic mass is 9.99. The Balaban J connectivity index is 1.80. The number of nitrogens with two attached hydrogens (primary N) is 1. The number of methoxy groups -OCH3 is 1. The predicted molar refractivity (Wildman–Crippen MR) is 134 cm³/mol. The molecule has 0 radical (unpaired) electrons. The fraction of sp³-hybridized carbons (Fsp3) is 0.130. The first-order valence-electron chi connectivity index (χ1n) is 10.8. The first-order chi connectivity index (χ1) is 17.9. The molecule has 6 N–H and O–H groups in total. The Kier molecular flexibility index (Phi) is 6.91. The summed E-state index contributed by atoms with van der Waals surface area (Å²) in [6, 6.07) is 11.4. The van der Waals surface area contributed by atoms with Crippen LogP contribution in [0.15, 0.2) is 69.7 Å². The topological polar surface area (TPSA) is 207 Å². The average Bonchev–Trinajstić information content (AvgIpc) is 3.20. The van der Waals surface area contributed by atoms with Gasteiger partial charge in [-0.2, -0.15) is 8.42 Å². The van der Waals surface area contributed by atoms with Crippen LogP contribution >= 0.6 is 0 Å². The molecule has 4 rings (SSSR count). The summed E-state index contributed by atoms with van der Waals surface area (Å²) < 4.78 is 38.0. The number of carboxylic acid groups (broad SMARTS) is 1. The molecule has 2 amide bonds. The number of nitrogen functional groups attached to an aromatic ring is 1. The van der Waals surface area contributed by atoms with Crippen molar-refractivity contribution in [3.8, 4) is 11.5 Å². The molecule has 0 bridgehead atoms. The number of nitrogens with one attached hydrogen (secondary N) is 1. The van der Waals surface area contributed by atoms with Gasteiger partial charge in [0.15, 0.2) is 17.5 Å². The monoisotopic (exact) mass is 542 g/mol. The van der Waals surface area contributed by atoms with Gasteiger partial charge >= 0.3 is 6.09 Å². The van der Waals surface area contributed by atoms with Gasteiger partial charge in [0, 0.05) is 11.3 Å². The molecule has 1 heterocycles. The van der Waals surface area contributed by atoms with Crippen LogP contribution in [0.5, 0.6) is 11.5 Å². The lowest BCUT2D eigenvalue weighted by molar-refractivity contribution is -0.119. The molecule has 0 spiro atoms. The Labute approximate surface area is 216 Å². The molecule has 1 fully saturated rings. The van der Waals surface area contributed by atoms with E-state index in [4.69, 9.17) is 10.5 Å². The molecule has 0 aliphatic carbocycles. The smallest absolute Gasteiger partial charge is 0.424 e. The number of phenols is 1. The number of rotatable bonds is 6. The van der Waals surface area contributed by atoms with Crippen molar-refractivity contribution in [2.24, 2.45) is 10.2 Å². The Morgan fingerprint density at radius 3 is 2.47 bits per heavy atom. The van der Waals surface area contributed by atoms with Crippen molar-refractivity contribution >= 4 is 44.9 Å². The average molecular weight is 543 g/mol. The van der Waals surface area contributed by atoms with Crippen LogP contribution in [0.2, 0.25) is 0 Å². The Morgan fingerprint density at radius 2 is 1.84 bits per heavy atom. The Morgan fingerprint density at radius 1 is 1.13 bits per heavy atom. The summed E-state index contributed by atoms with van der Waals surface area (Å²) >= 11 is 0. The highest BCUT2D eigenvalue weighted by Gasteiger charge is 2.45. The van der Waals surface area contributed by atoms with Gasteiger partial charge in [-0.1, -0.05) is 18.2 Å². The van der Waals surface area contributed by atoms with Crippen molar-refractivity contribution < 1.29 is 37.5 Å². The van der Waals surface area contributed by atoms with Crippen LogP contribution in [0.3, 0.4) is 0 Å². The predicted octanol–water partition coefficient (Wildman–Crippen LogP) is 3.44. The number of benzene rings is 3. The summed E-state index contributed by atoms with van der Waals surface area (Å²) in [4.78, 5) is 25.0. The van der Waals surface area contributed by atoms with E-state index < -0.39 is 38.8 Å². The second kappa shape index (κ2) is 9.97. The van der Waals surface area contributed by atoms with E-state index in [-0.39, 0.29) is 33.9 Å². The minimum atomic E-state index is -4.60. The molecular formula is C23H22N6O8S. The van der Waals surface area contributed by atoms with Crippen molar-refractivity contribution in [1.82, 2.24) is 10.5 Å². The van der Waals surface area contributed by atoms with Crippen molar-refractivity contribution in [2.45, 2.75) is 17.9 Å². The fourth-order valence-corrected chi connectivity index (χ4v) is 4.55. The highest BCUT2D eigenvalue weighted by molar-refractivity contribution is 7.86. The van der Waals surface area contributed by atoms with E-state index >= 15 is 0 Å². The third-order valence-corrected chi connectivity index (χ3v) is 6.50. The quantitative estimate of drug-likeness (QED) is 0.174. The van der Waals surface area contributed by atoms with Crippen molar-refractivity contribution in [1.29, 1.82) is 0 Å². The van der Waals surface area contributed by atoms with Gasteiger partial charge in [-0.3, -0.25) is 9.35 Å². The number of ether oxygens (including phenoxy) is 1. The van der Waals surface area contributed by atoms with Crippen LogP contribution in [0.4, 0.5) is 27.5 Å². The van der Waals surface area contributed by atoms with E-state index in [1.807, 2.05) is 0 Å². The molecule has 38 heavy (non-hydrogen) atoms. The zero-order valence-electron chi connectivity index (χ0n) is 19.9. The maximum Gasteiger partial charge on any atom is 0.424 e. The third-order valence-electron chi connectivity index (χ3n) is 5.60. The SMILES string of the molecule is COc1c(C2C(=O)N(c3cccc(N)c3)NN2C(=O)O)cc(C)c(N=Nc2ccccc2S(=O)(=O)O)c1O. The summed E-state index contributed by atoms with van der Waals surface area (Å²) in [6.45, 7) is 1.51. The molecule has 1 unspecified atom stereocenters. The number of nitrogens with zero attached hydrogens (tertiary/aromatic N) is 4. The maximum atomic E-state index is 13.4. The number of azo groups is 1. The maximum absolute atomic E-state index is 13.4. The molecule has 3 aromatic rings. The van der Waals surface area contributed by atoms with E-state index in [1.165, 1.54) is 44.4 Å². The molecule has 1 saturated heterocycles. The van der Waals surface area contributed by atoms with Gasteiger partial charge in [0.2, 0.25) is 0 Å². The standard InChI is InChI=1S/C23H22N6O8S/c1-12-10-15(19-22(31)28(27-29(19)23(32)33)14-7-5-6-13(24)11-14)21(37-2)20(30)18(12)26-25-16-8-3-4-9-17(16)38(34,35)36/h3-11,19,27,30H,24H2,1-2H3,(H,32,33)(H,34,35,36). The summed E-state index contributed by atoms with van der Waals surface area (Å²) in [6.07, 6.45) is -1.49. The number of phenolic OH excluding ortho intramolecular Hbond substituents is 1. The van der Waals surface area contributed by atoms with Gasteiger partial charge in [-0.25, -0.2) is 14.8 Å². The van der Waals surface area contributed by atoms with E-state index in [2.05, 4.69) is 15.8 Å². The van der Waals surface area contributed by atoms with Gasteiger partial charge in [0.25, 0.3) is 16.0 Å². The van der Waals surface area contributed by atoms with E-state index in [9.17, 15) is 32.8 Å². The largest absolute Gasteiger partial charge is 0.503 e. The van der Waals surface area contributed by atoms with Crippen LogP contribution in [0, 0.1) is 6.92 Å². The van der Waals surface area contributed by atoms with E-state index in [1.54, 1.807) is 18.2 Å². The van der Waals surface area contributed by atoms with Crippen LogP contribution in [0.25, 0.3) is 0 Å². The van der Waals surface area contributed by atoms with E-state index in [0.717, 1.165) is 11.1 Å². The molecule has 0 saturated carbocycles. The van der Waals surface area contributed by atoms with Crippen LogP contribution in [-0.4, -0.2) is 47.3 Å². The number of amides is 2. The lowest BCUT2D eigenvalue weighted by Crippen LogP contribution is -2.43. The number of hydrazine groups is 2. The summed E-state index contributed by atoms with van der Waals surface area (Å²) in [7, 11) is -3.39. The van der Waals surface area contributed by atoms with Gasteiger partial charge in [0.1, 0.15) is 16.3 Å². The van der Waals surface area contributed by atoms with Crippen molar-refractivity contribution in [2.75, 3.05) is 17.9 Å². The summed E-state index contributed by atoms with van der Waals surface area (Å²) in [5.74, 6) is -1.53. The van der Waals surface area contributed by atoms with Gasteiger partial charge < -0.3 is 20.7 Å². The first kappa shape index (κ1) is 26.3. The molecule has 0 aromatic heterocycles. The lowest BCUT2D eigenvalue weighted by Gasteiger charge is -2.21. The number of carbonyl (C=O) groups excluding carboxylic acids is 1. The molecule has 15 heteroatoms. The number of anilines is 2. The zero-order valence-corrected chi connectivity index (χ0v) is 20.7. The fourth-order valence-electron chi connectivity index (χ4n) is 3.93. The molecular weight excluding hydrogens is 520 g/mol. The molecule has 14 nitrogen and oxygen atoms in total. The minimum Gasteiger partial charge on any atom is -0.503 e. The van der Waals surface area contributed by atoms with Gasteiger partial charge in [-0.15, -0.1) is 15.8 Å². The molecule has 1 aliphatic heterocycles. The second-order valence-electron chi connectivity index (χ2n) is 8.08. The van der Waals surface area contributed by atoms with Crippen molar-refractivity contribution in [3.63, 3.8) is 0 Å². The third kappa shape index (κ3) is 4.80. The first-order valence-corrected chi connectivity index (χ1v) is 12.2. The highest BCUT2D eigenvalue weighted by atomic mass is 32.2. The zero-order chi connectivity index (χ0) is 27.8. The second-order valence-corrected chi connectivity index (χ2v) is 9.47.